The Balaban J connectivity index is 1.64. The van der Waals surface area contributed by atoms with Gasteiger partial charge in [-0.2, -0.15) is 5.10 Å². The first-order chi connectivity index (χ1) is 13.7. The number of hydrogen-bond donors (Lipinski definition) is 2. The van der Waals surface area contributed by atoms with E-state index in [0.29, 0.717) is 24.4 Å². The Bertz CT molecular complexity index is 883. The average Bonchev–Trinajstić information content (AvgIpc) is 3.23. The number of hydrogen-bond acceptors (Lipinski definition) is 3. The summed E-state index contributed by atoms with van der Waals surface area (Å²) in [6.45, 7) is 5.46. The van der Waals surface area contributed by atoms with Crippen LogP contribution in [0.3, 0.4) is 0 Å². The Morgan fingerprint density at radius 1 is 1.04 bits per heavy atom. The number of unbranched alkanes of at least 4 members (excludes halogenated alkanes) is 1. The van der Waals surface area contributed by atoms with Crippen LogP contribution in [0.15, 0.2) is 54.7 Å². The Labute approximate surface area is 166 Å². The zero-order chi connectivity index (χ0) is 19.8. The van der Waals surface area contributed by atoms with Gasteiger partial charge in [0.2, 0.25) is 0 Å². The van der Waals surface area contributed by atoms with E-state index in [1.165, 1.54) is 5.56 Å². The molecule has 0 aliphatic carbocycles. The van der Waals surface area contributed by atoms with E-state index in [2.05, 4.69) is 41.5 Å². The van der Waals surface area contributed by atoms with Gasteiger partial charge in [-0.1, -0.05) is 44.5 Å². The lowest BCUT2D eigenvalue weighted by Crippen LogP contribution is -2.23. The number of H-pyrrole nitrogens is 1. The average molecular weight is 377 g/mol. The Morgan fingerprint density at radius 2 is 1.75 bits per heavy atom. The van der Waals surface area contributed by atoms with Gasteiger partial charge in [0.25, 0.3) is 5.91 Å². The summed E-state index contributed by atoms with van der Waals surface area (Å²) in [4.78, 5) is 12.6. The summed E-state index contributed by atoms with van der Waals surface area (Å²) in [6.07, 6.45) is 4.71. The lowest BCUT2D eigenvalue weighted by atomic mass is 10.1. The van der Waals surface area contributed by atoms with Gasteiger partial charge < -0.3 is 10.1 Å². The van der Waals surface area contributed by atoms with Crippen LogP contribution in [0.4, 0.5) is 0 Å². The van der Waals surface area contributed by atoms with Gasteiger partial charge in [-0.25, -0.2) is 0 Å². The van der Waals surface area contributed by atoms with Crippen LogP contribution in [0.5, 0.6) is 5.75 Å². The molecule has 1 aromatic heterocycles. The van der Waals surface area contributed by atoms with Crippen LogP contribution in [0.1, 0.15) is 48.2 Å². The monoisotopic (exact) mass is 377 g/mol. The van der Waals surface area contributed by atoms with Crippen molar-refractivity contribution in [3.8, 4) is 17.0 Å². The molecule has 3 rings (SSSR count). The molecule has 2 N–H and O–H groups in total. The first-order valence-electron chi connectivity index (χ1n) is 9.84. The number of nitrogens with one attached hydrogen (secondary N) is 2. The molecule has 0 atom stereocenters. The number of carbonyl (C=O) groups excluding carboxylic acids is 1. The SMILES string of the molecule is CCCCOc1ccc(-c2[nH]ncc2C(=O)NCc2ccc(CC)cc2)cc1. The van der Waals surface area contributed by atoms with E-state index >= 15 is 0 Å². The maximum Gasteiger partial charge on any atom is 0.255 e. The van der Waals surface area contributed by atoms with Gasteiger partial charge in [0.15, 0.2) is 0 Å². The van der Waals surface area contributed by atoms with Crippen molar-refractivity contribution in [1.82, 2.24) is 15.5 Å². The van der Waals surface area contributed by atoms with E-state index < -0.39 is 0 Å². The van der Waals surface area contributed by atoms with Gasteiger partial charge in [0.1, 0.15) is 5.75 Å². The lowest BCUT2D eigenvalue weighted by molar-refractivity contribution is 0.0951. The molecule has 1 amide bonds. The van der Waals surface area contributed by atoms with Crippen LogP contribution < -0.4 is 10.1 Å². The van der Waals surface area contributed by atoms with Crippen LogP contribution in [0.25, 0.3) is 11.3 Å². The molecule has 1 heterocycles. The summed E-state index contributed by atoms with van der Waals surface area (Å²) in [5, 5.41) is 9.97. The normalized spacial score (nSPS) is 10.6. The van der Waals surface area contributed by atoms with Crippen molar-refractivity contribution in [3.05, 3.63) is 71.4 Å². The largest absolute Gasteiger partial charge is 0.494 e. The van der Waals surface area contributed by atoms with Crippen LogP contribution in [-0.4, -0.2) is 22.7 Å². The molecule has 0 aliphatic rings. The molecular formula is C23H27N3O2. The van der Waals surface area contributed by atoms with Crippen LogP contribution in [-0.2, 0) is 13.0 Å². The first kappa shape index (κ1) is 19.7. The first-order valence-corrected chi connectivity index (χ1v) is 9.84. The Kier molecular flexibility index (Phi) is 6.84. The van der Waals surface area contributed by atoms with Crippen molar-refractivity contribution in [2.24, 2.45) is 0 Å². The van der Waals surface area contributed by atoms with Gasteiger partial charge in [0, 0.05) is 12.1 Å². The zero-order valence-electron chi connectivity index (χ0n) is 16.5. The quantitative estimate of drug-likeness (QED) is 0.529. The topological polar surface area (TPSA) is 67.0 Å². The molecule has 28 heavy (non-hydrogen) atoms. The van der Waals surface area contributed by atoms with Crippen LogP contribution >= 0.6 is 0 Å². The van der Waals surface area contributed by atoms with Crippen molar-refractivity contribution in [2.75, 3.05) is 6.61 Å². The molecule has 2 aromatic carbocycles. The molecule has 0 spiro atoms. The number of amides is 1. The highest BCUT2D eigenvalue weighted by Crippen LogP contribution is 2.24. The predicted octanol–water partition coefficient (Wildman–Crippen LogP) is 4.75. The van der Waals surface area contributed by atoms with Crippen molar-refractivity contribution in [2.45, 2.75) is 39.7 Å². The molecule has 3 aromatic rings. The van der Waals surface area contributed by atoms with Gasteiger partial charge in [-0.3, -0.25) is 9.89 Å². The summed E-state index contributed by atoms with van der Waals surface area (Å²) >= 11 is 0. The van der Waals surface area contributed by atoms with E-state index in [1.807, 2.05) is 36.4 Å². The van der Waals surface area contributed by atoms with Gasteiger partial charge >= 0.3 is 0 Å². The zero-order valence-corrected chi connectivity index (χ0v) is 16.5. The van der Waals surface area contributed by atoms with E-state index in [4.69, 9.17) is 4.74 Å². The van der Waals surface area contributed by atoms with Crippen molar-refractivity contribution in [1.29, 1.82) is 0 Å². The maximum absolute atomic E-state index is 12.6. The second-order valence-corrected chi connectivity index (χ2v) is 6.74. The van der Waals surface area contributed by atoms with E-state index in [1.54, 1.807) is 6.20 Å². The van der Waals surface area contributed by atoms with E-state index in [9.17, 15) is 4.79 Å². The van der Waals surface area contributed by atoms with Crippen LogP contribution in [0.2, 0.25) is 0 Å². The molecule has 0 saturated heterocycles. The van der Waals surface area contributed by atoms with Crippen LogP contribution in [0, 0.1) is 0 Å². The number of aryl methyl sites for hydroxylation is 1. The third-order valence-electron chi connectivity index (χ3n) is 4.68. The van der Waals surface area contributed by atoms with Gasteiger partial charge in [0.05, 0.1) is 24.1 Å². The molecule has 0 radical (unpaired) electrons. The number of nitrogens with zero attached hydrogens (tertiary/aromatic N) is 1. The van der Waals surface area contributed by atoms with Crippen molar-refractivity contribution < 1.29 is 9.53 Å². The minimum Gasteiger partial charge on any atom is -0.494 e. The third kappa shape index (κ3) is 5.00. The number of aromatic amines is 1. The number of carbonyl (C=O) groups is 1. The lowest BCUT2D eigenvalue weighted by Gasteiger charge is -2.08. The second-order valence-electron chi connectivity index (χ2n) is 6.74. The number of benzene rings is 2. The minimum atomic E-state index is -0.147. The van der Waals surface area contributed by atoms with Crippen molar-refractivity contribution in [3.63, 3.8) is 0 Å². The fourth-order valence-electron chi connectivity index (χ4n) is 2.90. The van der Waals surface area contributed by atoms with Gasteiger partial charge in [-0.05, 0) is 48.2 Å². The Morgan fingerprint density at radius 3 is 2.43 bits per heavy atom. The standard InChI is InChI=1S/C23H27N3O2/c1-3-5-14-28-20-12-10-19(11-13-20)22-21(16-25-26-22)23(27)24-15-18-8-6-17(4-2)7-9-18/h6-13,16H,3-5,14-15H2,1-2H3,(H,24,27)(H,25,26). The molecular weight excluding hydrogens is 350 g/mol. The molecule has 0 saturated carbocycles. The summed E-state index contributed by atoms with van der Waals surface area (Å²) in [6, 6.07) is 16.0. The smallest absolute Gasteiger partial charge is 0.255 e. The summed E-state index contributed by atoms with van der Waals surface area (Å²) in [5.74, 6) is 0.685. The highest BCUT2D eigenvalue weighted by molar-refractivity contribution is 5.99. The van der Waals surface area contributed by atoms with E-state index in [-0.39, 0.29) is 5.91 Å². The predicted molar refractivity (Wildman–Crippen MR) is 111 cm³/mol. The van der Waals surface area contributed by atoms with E-state index in [0.717, 1.165) is 36.1 Å². The molecule has 0 bridgehead atoms. The summed E-state index contributed by atoms with van der Waals surface area (Å²) in [7, 11) is 0. The molecule has 5 heteroatoms. The molecule has 0 aliphatic heterocycles. The molecule has 146 valence electrons. The fourth-order valence-corrected chi connectivity index (χ4v) is 2.90. The molecule has 5 nitrogen and oxygen atoms in total. The molecule has 0 unspecified atom stereocenters. The fraction of sp³-hybridized carbons (Fsp3) is 0.304. The summed E-state index contributed by atoms with van der Waals surface area (Å²) in [5.41, 5.74) is 4.50. The number of rotatable bonds is 9. The van der Waals surface area contributed by atoms with Gasteiger partial charge in [-0.15, -0.1) is 0 Å². The summed E-state index contributed by atoms with van der Waals surface area (Å²) < 4.78 is 5.70. The highest BCUT2D eigenvalue weighted by Gasteiger charge is 2.15. The maximum atomic E-state index is 12.6. The minimum absolute atomic E-state index is 0.147. The third-order valence-corrected chi connectivity index (χ3v) is 4.68. The highest BCUT2D eigenvalue weighted by atomic mass is 16.5. The Hall–Kier alpha value is -3.08. The second kappa shape index (κ2) is 9.74. The molecule has 0 fully saturated rings. The van der Waals surface area contributed by atoms with Crippen molar-refractivity contribution >= 4 is 5.91 Å². The number of aromatic nitrogens is 2. The number of ether oxygens (including phenoxy) is 1.